The Bertz CT molecular complexity index is 765. The lowest BCUT2D eigenvalue weighted by molar-refractivity contribution is 0.515. The van der Waals surface area contributed by atoms with Gasteiger partial charge in [0.15, 0.2) is 0 Å². The molecule has 0 fully saturated rings. The molecule has 122 valence electrons. The van der Waals surface area contributed by atoms with E-state index in [2.05, 4.69) is 32.9 Å². The first-order chi connectivity index (χ1) is 10.9. The number of fused-ring (bicyclic) bond motifs is 1. The van der Waals surface area contributed by atoms with Gasteiger partial charge in [-0.1, -0.05) is 18.2 Å². The Hall–Kier alpha value is -0.830. The summed E-state index contributed by atoms with van der Waals surface area (Å²) in [5, 5.41) is 0. The second-order valence-electron chi connectivity index (χ2n) is 6.04. The van der Waals surface area contributed by atoms with Crippen LogP contribution in [0.5, 0.6) is 5.75 Å². The van der Waals surface area contributed by atoms with Crippen molar-refractivity contribution in [2.75, 3.05) is 0 Å². The fraction of sp³-hybridized carbons (Fsp3) is 0.333. The summed E-state index contributed by atoms with van der Waals surface area (Å²) in [5.74, 6) is -0.607. The quantitative estimate of drug-likeness (QED) is 0.562. The summed E-state index contributed by atoms with van der Waals surface area (Å²) in [6, 6.07) is 10.4. The largest absolute Gasteiger partial charge is 0.429 e. The fourth-order valence-corrected chi connectivity index (χ4v) is 8.63. The van der Waals surface area contributed by atoms with Crippen molar-refractivity contribution in [1.82, 2.24) is 0 Å². The third-order valence-corrected chi connectivity index (χ3v) is 11.2. The molecule has 0 spiro atoms. The van der Waals surface area contributed by atoms with Gasteiger partial charge < -0.3 is 4.52 Å². The minimum absolute atomic E-state index is 0.703. The van der Waals surface area contributed by atoms with E-state index in [4.69, 9.17) is 4.52 Å². The molecule has 23 heavy (non-hydrogen) atoms. The van der Waals surface area contributed by atoms with E-state index in [0.29, 0.717) is 5.75 Å². The maximum Gasteiger partial charge on any atom is 0.360 e. The average molecular weight is 364 g/mol. The number of benzene rings is 2. The van der Waals surface area contributed by atoms with Crippen molar-refractivity contribution in [3.05, 3.63) is 63.7 Å². The lowest BCUT2D eigenvalue weighted by atomic mass is 10.0. The normalized spacial score (nSPS) is 16.5. The van der Waals surface area contributed by atoms with Crippen LogP contribution in [0.25, 0.3) is 0 Å². The van der Waals surface area contributed by atoms with Crippen LogP contribution in [-0.4, -0.2) is 0 Å². The monoisotopic (exact) mass is 364 g/mol. The molecule has 0 atom stereocenters. The van der Waals surface area contributed by atoms with Crippen molar-refractivity contribution in [2.24, 2.45) is 0 Å². The highest BCUT2D eigenvalue weighted by Crippen LogP contribution is 2.72. The van der Waals surface area contributed by atoms with Crippen molar-refractivity contribution < 1.29 is 9.09 Å². The summed E-state index contributed by atoms with van der Waals surface area (Å²) in [6.45, 7) is 8.37. The molecule has 0 aromatic heterocycles. The van der Waals surface area contributed by atoms with E-state index >= 15 is 0 Å². The molecule has 1 aliphatic rings. The molecule has 0 saturated carbocycles. The Labute approximate surface area is 146 Å². The topological polar surface area (TPSA) is 26.3 Å². The van der Waals surface area contributed by atoms with Gasteiger partial charge in [-0.2, -0.15) is 0 Å². The minimum Gasteiger partial charge on any atom is -0.429 e. The maximum atomic E-state index is 13.2. The van der Waals surface area contributed by atoms with Gasteiger partial charge in [0, 0.05) is 11.5 Å². The lowest BCUT2D eigenvalue weighted by Gasteiger charge is -2.16. The van der Waals surface area contributed by atoms with Crippen molar-refractivity contribution in [2.45, 2.75) is 39.2 Å². The Morgan fingerprint density at radius 1 is 0.826 bits per heavy atom. The van der Waals surface area contributed by atoms with Crippen LogP contribution in [0.3, 0.4) is 0 Å². The first kappa shape index (κ1) is 17.0. The van der Waals surface area contributed by atoms with Gasteiger partial charge in [0.25, 0.3) is 0 Å². The van der Waals surface area contributed by atoms with Crippen molar-refractivity contribution >= 4 is 28.5 Å². The molecule has 1 aliphatic heterocycles. The van der Waals surface area contributed by atoms with E-state index in [1.807, 2.05) is 25.1 Å². The molecule has 0 saturated heterocycles. The molecule has 0 bridgehead atoms. The number of hydrogen-bond acceptors (Lipinski definition) is 4. The number of aryl methyl sites for hydroxylation is 4. The van der Waals surface area contributed by atoms with Crippen LogP contribution < -0.4 is 4.52 Å². The molecule has 0 radical (unpaired) electrons. The first-order valence-electron chi connectivity index (χ1n) is 7.61. The summed E-state index contributed by atoms with van der Waals surface area (Å²) in [6.07, 6.45) is 0. The molecular formula is C18H21O2PS2. The predicted molar refractivity (Wildman–Crippen MR) is 103 cm³/mol. The van der Waals surface area contributed by atoms with E-state index < -0.39 is 5.77 Å². The van der Waals surface area contributed by atoms with E-state index in [9.17, 15) is 4.57 Å². The highest BCUT2D eigenvalue weighted by atomic mass is 33.1. The maximum absolute atomic E-state index is 13.2. The first-order valence-corrected chi connectivity index (χ1v) is 12.4. The molecule has 0 N–H and O–H groups in total. The lowest BCUT2D eigenvalue weighted by Crippen LogP contribution is -1.92. The van der Waals surface area contributed by atoms with Gasteiger partial charge >= 0.3 is 5.77 Å². The van der Waals surface area contributed by atoms with Crippen LogP contribution in [0.15, 0.2) is 30.3 Å². The molecule has 0 unspecified atom stereocenters. The van der Waals surface area contributed by atoms with Crippen LogP contribution in [0, 0.1) is 27.7 Å². The van der Waals surface area contributed by atoms with Gasteiger partial charge in [-0.25, -0.2) is 0 Å². The predicted octanol–water partition coefficient (Wildman–Crippen LogP) is 6.59. The number of rotatable bonds is 2. The smallest absolute Gasteiger partial charge is 0.360 e. The van der Waals surface area contributed by atoms with E-state index in [1.54, 1.807) is 0 Å². The molecular weight excluding hydrogens is 343 g/mol. The number of hydrogen-bond donors (Lipinski definition) is 0. The molecule has 0 aliphatic carbocycles. The second kappa shape index (κ2) is 6.58. The van der Waals surface area contributed by atoms with Crippen LogP contribution in [-0.2, 0) is 16.1 Å². The molecule has 2 nitrogen and oxygen atoms in total. The summed E-state index contributed by atoms with van der Waals surface area (Å²) in [7, 11) is 0. The zero-order chi connectivity index (χ0) is 16.6. The Morgan fingerprint density at radius 3 is 1.87 bits per heavy atom. The van der Waals surface area contributed by atoms with Gasteiger partial charge in [-0.3, -0.25) is 4.57 Å². The van der Waals surface area contributed by atoms with Gasteiger partial charge in [-0.15, -0.1) is 0 Å². The third-order valence-electron chi connectivity index (χ3n) is 4.27. The van der Waals surface area contributed by atoms with Crippen molar-refractivity contribution in [3.63, 3.8) is 0 Å². The SMILES string of the molecule is Cc1ccc(OP2(=O)SCc3cc(C)c(C)cc3CS2)cc1C. The van der Waals surface area contributed by atoms with Crippen LogP contribution in [0.1, 0.15) is 33.4 Å². The third kappa shape index (κ3) is 3.81. The molecule has 1 heterocycles. The van der Waals surface area contributed by atoms with Gasteiger partial charge in [0.2, 0.25) is 0 Å². The highest BCUT2D eigenvalue weighted by molar-refractivity contribution is 8.89. The van der Waals surface area contributed by atoms with Gasteiger partial charge in [0.05, 0.1) is 0 Å². The summed E-state index contributed by atoms with van der Waals surface area (Å²) in [4.78, 5) is 0. The highest BCUT2D eigenvalue weighted by Gasteiger charge is 2.30. The van der Waals surface area contributed by atoms with Crippen LogP contribution >= 0.6 is 28.5 Å². The van der Waals surface area contributed by atoms with Crippen LogP contribution in [0.2, 0.25) is 0 Å². The van der Waals surface area contributed by atoms with Crippen LogP contribution in [0.4, 0.5) is 0 Å². The Morgan fingerprint density at radius 2 is 1.35 bits per heavy atom. The average Bonchev–Trinajstić information content (AvgIpc) is 2.65. The second-order valence-corrected chi connectivity index (χ2v) is 13.3. The molecule has 0 amide bonds. The van der Waals surface area contributed by atoms with Crippen molar-refractivity contribution in [3.8, 4) is 5.75 Å². The van der Waals surface area contributed by atoms with E-state index in [1.165, 1.54) is 50.6 Å². The van der Waals surface area contributed by atoms with E-state index in [0.717, 1.165) is 17.1 Å². The molecule has 2 aromatic carbocycles. The molecule has 2 aromatic rings. The standard InChI is InChI=1S/C18H21O2PS2/c1-12-5-6-18(9-15(12)4)20-21(19)22-10-16-7-13(2)14(3)8-17(16)11-23-21/h5-9H,10-11H2,1-4H3. The van der Waals surface area contributed by atoms with Crippen molar-refractivity contribution in [1.29, 1.82) is 0 Å². The molecule has 3 rings (SSSR count). The summed E-state index contributed by atoms with van der Waals surface area (Å²) < 4.78 is 19.1. The molecule has 5 heteroatoms. The summed E-state index contributed by atoms with van der Waals surface area (Å²) in [5.41, 5.74) is 7.53. The van der Waals surface area contributed by atoms with E-state index in [-0.39, 0.29) is 0 Å². The zero-order valence-electron chi connectivity index (χ0n) is 13.9. The minimum atomic E-state index is -2.79. The Balaban J connectivity index is 1.82. The zero-order valence-corrected chi connectivity index (χ0v) is 16.4. The van der Waals surface area contributed by atoms with Gasteiger partial charge in [0.1, 0.15) is 5.75 Å². The Kier molecular flexibility index (Phi) is 4.87. The van der Waals surface area contributed by atoms with Gasteiger partial charge in [-0.05, 0) is 96.0 Å². The fourth-order valence-electron chi connectivity index (χ4n) is 2.49. The summed E-state index contributed by atoms with van der Waals surface area (Å²) >= 11 is 2.89.